The van der Waals surface area contributed by atoms with Gasteiger partial charge in [-0.25, -0.2) is 14.4 Å². The van der Waals surface area contributed by atoms with E-state index in [2.05, 4.69) is 37.4 Å². The minimum absolute atomic E-state index is 0.00389. The number of benzene rings is 1. The average Bonchev–Trinajstić information content (AvgIpc) is 3.64. The Bertz CT molecular complexity index is 2050. The van der Waals surface area contributed by atoms with Crippen molar-refractivity contribution in [3.05, 3.63) is 81.2 Å². The lowest BCUT2D eigenvalue weighted by molar-refractivity contribution is -0.134. The van der Waals surface area contributed by atoms with Crippen LogP contribution in [-0.4, -0.2) is 68.2 Å². The molecule has 3 aromatic heterocycles. The Balaban J connectivity index is 0.975. The van der Waals surface area contributed by atoms with Gasteiger partial charge in [0, 0.05) is 55.3 Å². The van der Waals surface area contributed by atoms with E-state index >= 15 is 4.39 Å². The third kappa shape index (κ3) is 6.99. The summed E-state index contributed by atoms with van der Waals surface area (Å²) < 4.78 is 16.8. The summed E-state index contributed by atoms with van der Waals surface area (Å²) in [4.78, 5) is 68.2. The molecule has 4 aromatic rings. The van der Waals surface area contributed by atoms with Crippen molar-refractivity contribution < 1.29 is 18.8 Å². The van der Waals surface area contributed by atoms with E-state index in [0.717, 1.165) is 62.9 Å². The molecule has 2 saturated heterocycles. The van der Waals surface area contributed by atoms with Gasteiger partial charge in [0.2, 0.25) is 17.8 Å². The fraction of sp³-hybridized carbons (Fsp3) is 0.447. The number of piperidine rings is 2. The van der Waals surface area contributed by atoms with Gasteiger partial charge in [0.15, 0.2) is 5.78 Å². The van der Waals surface area contributed by atoms with Crippen LogP contribution in [0.1, 0.15) is 97.3 Å². The van der Waals surface area contributed by atoms with Crippen LogP contribution in [0, 0.1) is 12.7 Å². The summed E-state index contributed by atoms with van der Waals surface area (Å²) in [7, 11) is 2.06. The van der Waals surface area contributed by atoms with Gasteiger partial charge in [-0.3, -0.25) is 34.0 Å². The number of aryl methyl sites for hydroxylation is 1. The zero-order valence-electron chi connectivity index (χ0n) is 29.2. The third-order valence-corrected chi connectivity index (χ3v) is 10.8. The van der Waals surface area contributed by atoms with E-state index in [9.17, 15) is 19.2 Å². The predicted octanol–water partition coefficient (Wildman–Crippen LogP) is 5.32. The standard InChI is InChI=1S/C38H43FN8O4/c1-22-30-20-41-38(44-35(30)47(26-6-4-5-7-26)37(51)34(22)23(2)48)42-32-12-9-27(19-40-32)46-16-14-25(15-17-46)45(3)21-24-8-10-28(31(39)18-24)29-11-13-33(49)43-36(29)50/h8-10,12,18-20,25-26,29H,4-7,11,13-17,21H2,1-3H3,(H,43,49,50)(H,40,41,42,44). The van der Waals surface area contributed by atoms with E-state index in [1.807, 2.05) is 24.4 Å². The summed E-state index contributed by atoms with van der Waals surface area (Å²) in [5.41, 5.74) is 3.25. The molecule has 2 aliphatic heterocycles. The number of fused-ring (bicyclic) bond motifs is 1. The number of rotatable bonds is 9. The van der Waals surface area contributed by atoms with E-state index in [0.29, 0.717) is 52.9 Å². The average molecular weight is 695 g/mol. The highest BCUT2D eigenvalue weighted by Gasteiger charge is 2.31. The highest BCUT2D eigenvalue weighted by atomic mass is 19.1. The Morgan fingerprint density at radius 1 is 1.02 bits per heavy atom. The molecule has 266 valence electrons. The molecule has 0 spiro atoms. The van der Waals surface area contributed by atoms with Crippen molar-refractivity contribution in [3.63, 3.8) is 0 Å². The highest BCUT2D eigenvalue weighted by molar-refractivity contribution is 6.01. The minimum atomic E-state index is -0.639. The third-order valence-electron chi connectivity index (χ3n) is 10.8. The maximum absolute atomic E-state index is 15.1. The zero-order chi connectivity index (χ0) is 35.8. The quantitative estimate of drug-likeness (QED) is 0.175. The number of halogens is 1. The first kappa shape index (κ1) is 34.4. The lowest BCUT2D eigenvalue weighted by Crippen LogP contribution is -2.43. The second-order valence-electron chi connectivity index (χ2n) is 14.1. The Morgan fingerprint density at radius 2 is 1.78 bits per heavy atom. The van der Waals surface area contributed by atoms with Crippen molar-refractivity contribution in [2.45, 2.75) is 89.8 Å². The number of aromatic nitrogens is 4. The molecule has 1 saturated carbocycles. The van der Waals surface area contributed by atoms with Crippen LogP contribution in [0.15, 0.2) is 47.5 Å². The normalized spacial score (nSPS) is 18.8. The molecule has 0 bridgehead atoms. The molecule has 13 heteroatoms. The van der Waals surface area contributed by atoms with Crippen LogP contribution in [0.4, 0.5) is 21.8 Å². The fourth-order valence-corrected chi connectivity index (χ4v) is 7.99. The summed E-state index contributed by atoms with van der Waals surface area (Å²) in [5, 5.41) is 6.20. The van der Waals surface area contributed by atoms with Gasteiger partial charge in [0.05, 0.1) is 23.4 Å². The number of nitrogens with zero attached hydrogens (tertiary/aromatic N) is 6. The first-order chi connectivity index (χ1) is 24.6. The second kappa shape index (κ2) is 14.3. The van der Waals surface area contributed by atoms with Gasteiger partial charge in [0.1, 0.15) is 17.3 Å². The summed E-state index contributed by atoms with van der Waals surface area (Å²) in [6, 6.07) is 9.30. The molecular formula is C38H43FN8O4. The largest absolute Gasteiger partial charge is 0.370 e. The molecule has 5 heterocycles. The van der Waals surface area contributed by atoms with E-state index in [1.165, 1.54) is 13.0 Å². The van der Waals surface area contributed by atoms with Crippen molar-refractivity contribution in [1.82, 2.24) is 29.7 Å². The molecule has 12 nitrogen and oxygen atoms in total. The van der Waals surface area contributed by atoms with Crippen molar-refractivity contribution in [2.24, 2.45) is 0 Å². The van der Waals surface area contributed by atoms with Crippen molar-refractivity contribution in [2.75, 3.05) is 30.4 Å². The summed E-state index contributed by atoms with van der Waals surface area (Å²) >= 11 is 0. The minimum Gasteiger partial charge on any atom is -0.370 e. The summed E-state index contributed by atoms with van der Waals surface area (Å²) in [6.07, 6.45) is 9.74. The maximum atomic E-state index is 15.1. The molecule has 1 aromatic carbocycles. The number of carbonyl (C=O) groups is 3. The monoisotopic (exact) mass is 694 g/mol. The lowest BCUT2D eigenvalue weighted by atomic mass is 9.89. The number of pyridine rings is 2. The fourth-order valence-electron chi connectivity index (χ4n) is 7.99. The molecule has 51 heavy (non-hydrogen) atoms. The number of imide groups is 1. The van der Waals surface area contributed by atoms with Crippen LogP contribution < -0.4 is 21.1 Å². The molecule has 2 amide bonds. The first-order valence-electron chi connectivity index (χ1n) is 17.8. The van der Waals surface area contributed by atoms with Crippen LogP contribution in [0.5, 0.6) is 0 Å². The van der Waals surface area contributed by atoms with Crippen molar-refractivity contribution in [1.29, 1.82) is 0 Å². The van der Waals surface area contributed by atoms with Crippen LogP contribution in [0.3, 0.4) is 0 Å². The second-order valence-corrected chi connectivity index (χ2v) is 14.1. The van der Waals surface area contributed by atoms with Gasteiger partial charge in [-0.05, 0) is 82.3 Å². The van der Waals surface area contributed by atoms with Crippen molar-refractivity contribution >= 4 is 46.1 Å². The number of amides is 2. The van der Waals surface area contributed by atoms with Gasteiger partial charge >= 0.3 is 0 Å². The molecule has 0 radical (unpaired) electrons. The summed E-state index contributed by atoms with van der Waals surface area (Å²) in [6.45, 7) is 5.49. The summed E-state index contributed by atoms with van der Waals surface area (Å²) in [5.74, 6) is -1.14. The Morgan fingerprint density at radius 3 is 2.45 bits per heavy atom. The Kier molecular flexibility index (Phi) is 9.65. The number of anilines is 3. The maximum Gasteiger partial charge on any atom is 0.263 e. The number of hydrogen-bond donors (Lipinski definition) is 2. The molecular weight excluding hydrogens is 651 g/mol. The van der Waals surface area contributed by atoms with Gasteiger partial charge in [-0.15, -0.1) is 0 Å². The number of Topliss-reactive ketones (excluding diaryl/α,β-unsaturated/α-hetero) is 1. The molecule has 3 aliphatic rings. The van der Waals surface area contributed by atoms with Crippen LogP contribution in [0.2, 0.25) is 0 Å². The smallest absolute Gasteiger partial charge is 0.263 e. The van der Waals surface area contributed by atoms with Crippen LogP contribution in [-0.2, 0) is 16.1 Å². The lowest BCUT2D eigenvalue weighted by Gasteiger charge is -2.37. The topological polar surface area (TPSA) is 142 Å². The predicted molar refractivity (Wildman–Crippen MR) is 192 cm³/mol. The van der Waals surface area contributed by atoms with Crippen molar-refractivity contribution in [3.8, 4) is 0 Å². The molecule has 1 unspecified atom stereocenters. The van der Waals surface area contributed by atoms with Gasteiger partial charge in [-0.1, -0.05) is 25.0 Å². The first-order valence-corrected chi connectivity index (χ1v) is 17.8. The Labute approximate surface area is 295 Å². The van der Waals surface area contributed by atoms with E-state index in [1.54, 1.807) is 23.8 Å². The molecule has 1 atom stereocenters. The molecule has 2 N–H and O–H groups in total. The van der Waals surface area contributed by atoms with E-state index in [4.69, 9.17) is 4.98 Å². The number of nitrogens with one attached hydrogen (secondary N) is 2. The van der Waals surface area contributed by atoms with E-state index in [-0.39, 0.29) is 35.3 Å². The number of carbonyl (C=O) groups excluding carboxylic acids is 3. The molecule has 7 rings (SSSR count). The van der Waals surface area contributed by atoms with Crippen LogP contribution >= 0.6 is 0 Å². The van der Waals surface area contributed by atoms with E-state index < -0.39 is 17.6 Å². The number of ketones is 1. The highest BCUT2D eigenvalue weighted by Crippen LogP contribution is 2.33. The SMILES string of the molecule is CC(=O)c1c(C)c2cnc(Nc3ccc(N4CCC(N(C)Cc5ccc(C6CCC(=O)NC6=O)c(F)c5)CC4)cn3)nc2n(C2CCCC2)c1=O. The molecule has 1 aliphatic carbocycles. The zero-order valence-corrected chi connectivity index (χ0v) is 29.2. The van der Waals surface area contributed by atoms with Gasteiger partial charge in [0.25, 0.3) is 5.56 Å². The number of hydrogen-bond acceptors (Lipinski definition) is 10. The van der Waals surface area contributed by atoms with Gasteiger partial charge in [-0.2, -0.15) is 4.98 Å². The molecule has 3 fully saturated rings. The van der Waals surface area contributed by atoms with Gasteiger partial charge < -0.3 is 10.2 Å². The Hall–Kier alpha value is -5.04. The van der Waals surface area contributed by atoms with Crippen LogP contribution in [0.25, 0.3) is 11.0 Å².